The second-order valence-corrected chi connectivity index (χ2v) is 11.4. The third-order valence-electron chi connectivity index (χ3n) is 6.64. The Morgan fingerprint density at radius 1 is 1.00 bits per heavy atom. The number of thiocarbonyl (C=S) groups is 1. The highest BCUT2D eigenvalue weighted by Crippen LogP contribution is 2.35. The quantitative estimate of drug-likeness (QED) is 0.105. The van der Waals surface area contributed by atoms with Gasteiger partial charge >= 0.3 is 5.97 Å². The molecule has 0 atom stereocenters. The molecular formula is C32H28FN3O4S2. The van der Waals surface area contributed by atoms with Crippen LogP contribution in [0, 0.1) is 5.82 Å². The SMILES string of the molecule is O=C(O)CCCCCN1C(=O)/C(=C/c2cn(-c3ccccc3)nc2-c2ccc(OCc3ccc(F)cc3)cc2)SC1=S. The number of aromatic nitrogens is 2. The van der Waals surface area contributed by atoms with E-state index in [4.69, 9.17) is 27.2 Å². The Balaban J connectivity index is 1.36. The van der Waals surface area contributed by atoms with Gasteiger partial charge in [-0.2, -0.15) is 5.10 Å². The Morgan fingerprint density at radius 3 is 2.45 bits per heavy atom. The molecule has 0 radical (unpaired) electrons. The fraction of sp³-hybridized carbons (Fsp3) is 0.188. The largest absolute Gasteiger partial charge is 0.489 e. The lowest BCUT2D eigenvalue weighted by Crippen LogP contribution is -2.29. The second kappa shape index (κ2) is 13.6. The van der Waals surface area contributed by atoms with Gasteiger partial charge in [0.25, 0.3) is 5.91 Å². The number of carboxylic acids is 1. The Bertz CT molecular complexity index is 1600. The standard InChI is InChI=1S/C32H28FN3O4S2/c33-25-14-10-22(11-15-25)21-40-27-16-12-23(13-17-27)30-24(20-36(34-30)26-7-3-1-4-8-26)19-28-31(39)35(32(41)42-28)18-6-2-5-9-29(37)38/h1,3-4,7-8,10-17,19-20H,2,5-6,9,18,21H2,(H,37,38)/b28-19-. The number of para-hydroxylation sites is 1. The molecule has 0 spiro atoms. The van der Waals surface area contributed by atoms with Crippen molar-refractivity contribution in [3.05, 3.63) is 107 Å². The van der Waals surface area contributed by atoms with Gasteiger partial charge in [0.2, 0.25) is 0 Å². The highest BCUT2D eigenvalue weighted by Gasteiger charge is 2.32. The van der Waals surface area contributed by atoms with Crippen molar-refractivity contribution in [1.82, 2.24) is 14.7 Å². The summed E-state index contributed by atoms with van der Waals surface area (Å²) in [6, 6.07) is 23.4. The van der Waals surface area contributed by atoms with E-state index in [1.807, 2.05) is 66.9 Å². The van der Waals surface area contributed by atoms with Gasteiger partial charge in [-0.1, -0.05) is 60.7 Å². The summed E-state index contributed by atoms with van der Waals surface area (Å²) < 4.78 is 21.3. The van der Waals surface area contributed by atoms with Crippen molar-refractivity contribution in [2.24, 2.45) is 0 Å². The van der Waals surface area contributed by atoms with Crippen LogP contribution >= 0.6 is 24.0 Å². The summed E-state index contributed by atoms with van der Waals surface area (Å²) in [5, 5.41) is 13.7. The lowest BCUT2D eigenvalue weighted by molar-refractivity contribution is -0.137. The predicted molar refractivity (Wildman–Crippen MR) is 166 cm³/mol. The first-order chi connectivity index (χ1) is 20.4. The minimum absolute atomic E-state index is 0.119. The Kier molecular flexibility index (Phi) is 9.45. The monoisotopic (exact) mass is 601 g/mol. The van der Waals surface area contributed by atoms with Gasteiger partial charge in [0.15, 0.2) is 0 Å². The minimum Gasteiger partial charge on any atom is -0.489 e. The van der Waals surface area contributed by atoms with Crippen LogP contribution in [-0.2, 0) is 16.2 Å². The van der Waals surface area contributed by atoms with Crippen LogP contribution in [0.15, 0.2) is 90.0 Å². The molecule has 1 amide bonds. The zero-order chi connectivity index (χ0) is 29.5. The molecule has 4 aromatic rings. The number of rotatable bonds is 12. The van der Waals surface area contributed by atoms with E-state index in [9.17, 15) is 14.0 Å². The molecular weight excluding hydrogens is 574 g/mol. The van der Waals surface area contributed by atoms with Crippen molar-refractivity contribution in [3.8, 4) is 22.7 Å². The van der Waals surface area contributed by atoms with Gasteiger partial charge in [-0.05, 0) is 73.0 Å². The van der Waals surface area contributed by atoms with Gasteiger partial charge < -0.3 is 9.84 Å². The maximum Gasteiger partial charge on any atom is 0.303 e. The number of carboxylic acid groups (broad SMARTS) is 1. The maximum atomic E-state index is 13.3. The average Bonchev–Trinajstić information content (AvgIpc) is 3.53. The number of aliphatic carboxylic acids is 1. The van der Waals surface area contributed by atoms with Gasteiger partial charge in [-0.15, -0.1) is 0 Å². The molecule has 1 fully saturated rings. The minimum atomic E-state index is -0.817. The number of unbranched alkanes of at least 4 members (excludes halogenated alkanes) is 2. The summed E-state index contributed by atoms with van der Waals surface area (Å²) in [6.45, 7) is 0.770. The van der Waals surface area contributed by atoms with Crippen molar-refractivity contribution in [2.45, 2.75) is 32.3 Å². The number of thioether (sulfide) groups is 1. The molecule has 2 heterocycles. The van der Waals surface area contributed by atoms with Crippen LogP contribution in [0.2, 0.25) is 0 Å². The van der Waals surface area contributed by atoms with E-state index in [2.05, 4.69) is 0 Å². The van der Waals surface area contributed by atoms with E-state index < -0.39 is 5.97 Å². The van der Waals surface area contributed by atoms with Crippen molar-refractivity contribution in [1.29, 1.82) is 0 Å². The van der Waals surface area contributed by atoms with Gasteiger partial charge in [0.05, 0.1) is 16.3 Å². The van der Waals surface area contributed by atoms with E-state index in [0.29, 0.717) is 53.1 Å². The molecule has 3 aromatic carbocycles. The van der Waals surface area contributed by atoms with Crippen molar-refractivity contribution < 1.29 is 23.8 Å². The fourth-order valence-electron chi connectivity index (χ4n) is 4.44. The summed E-state index contributed by atoms with van der Waals surface area (Å²) in [6.07, 6.45) is 5.79. The first-order valence-corrected chi connectivity index (χ1v) is 14.7. The van der Waals surface area contributed by atoms with Crippen LogP contribution in [0.5, 0.6) is 5.75 Å². The summed E-state index contributed by atoms with van der Waals surface area (Å²) in [5.41, 5.74) is 4.05. The number of nitrogens with zero attached hydrogens (tertiary/aromatic N) is 3. The zero-order valence-electron chi connectivity index (χ0n) is 22.6. The molecule has 7 nitrogen and oxygen atoms in total. The molecule has 10 heteroatoms. The number of ether oxygens (including phenoxy) is 1. The van der Waals surface area contributed by atoms with Crippen LogP contribution < -0.4 is 4.74 Å². The number of hydrogen-bond acceptors (Lipinski definition) is 6. The number of benzene rings is 3. The molecule has 1 aliphatic heterocycles. The third kappa shape index (κ3) is 7.32. The topological polar surface area (TPSA) is 84.7 Å². The average molecular weight is 602 g/mol. The summed E-state index contributed by atoms with van der Waals surface area (Å²) in [4.78, 5) is 26.1. The molecule has 0 bridgehead atoms. The van der Waals surface area contributed by atoms with Crippen LogP contribution in [0.3, 0.4) is 0 Å². The molecule has 0 unspecified atom stereocenters. The van der Waals surface area contributed by atoms with Crippen LogP contribution in [0.1, 0.15) is 36.8 Å². The van der Waals surface area contributed by atoms with E-state index in [0.717, 1.165) is 22.4 Å². The lowest BCUT2D eigenvalue weighted by Gasteiger charge is -2.13. The van der Waals surface area contributed by atoms with Crippen molar-refractivity contribution >= 4 is 46.3 Å². The third-order valence-corrected chi connectivity index (χ3v) is 8.02. The highest BCUT2D eigenvalue weighted by atomic mass is 32.2. The molecule has 0 saturated carbocycles. The van der Waals surface area contributed by atoms with E-state index in [-0.39, 0.29) is 18.1 Å². The van der Waals surface area contributed by atoms with Gasteiger partial charge in [0.1, 0.15) is 22.5 Å². The molecule has 1 aromatic heterocycles. The summed E-state index contributed by atoms with van der Waals surface area (Å²) in [5.74, 6) is -0.603. The van der Waals surface area contributed by atoms with Crippen LogP contribution in [0.4, 0.5) is 4.39 Å². The van der Waals surface area contributed by atoms with Crippen molar-refractivity contribution in [2.75, 3.05) is 6.54 Å². The summed E-state index contributed by atoms with van der Waals surface area (Å²) in [7, 11) is 0. The normalized spacial score (nSPS) is 14.1. The zero-order valence-corrected chi connectivity index (χ0v) is 24.2. The first kappa shape index (κ1) is 29.2. The van der Waals surface area contributed by atoms with Gasteiger partial charge in [0, 0.05) is 30.3 Å². The number of amides is 1. The highest BCUT2D eigenvalue weighted by molar-refractivity contribution is 8.26. The molecule has 5 rings (SSSR count). The predicted octanol–water partition coefficient (Wildman–Crippen LogP) is 7.10. The molecule has 1 saturated heterocycles. The number of carbonyl (C=O) groups is 2. The second-order valence-electron chi connectivity index (χ2n) is 9.69. The lowest BCUT2D eigenvalue weighted by atomic mass is 10.1. The molecule has 0 aliphatic carbocycles. The molecule has 214 valence electrons. The van der Waals surface area contributed by atoms with E-state index >= 15 is 0 Å². The maximum absolute atomic E-state index is 13.3. The first-order valence-electron chi connectivity index (χ1n) is 13.5. The number of carbonyl (C=O) groups excluding carboxylic acids is 1. The Labute approximate surface area is 252 Å². The molecule has 42 heavy (non-hydrogen) atoms. The van der Waals surface area contributed by atoms with Gasteiger partial charge in [-0.25, -0.2) is 9.07 Å². The van der Waals surface area contributed by atoms with E-state index in [1.165, 1.54) is 23.9 Å². The Hall–Kier alpha value is -4.28. The van der Waals surface area contributed by atoms with Crippen LogP contribution in [-0.4, -0.2) is 42.5 Å². The Morgan fingerprint density at radius 2 is 1.74 bits per heavy atom. The number of hydrogen-bond donors (Lipinski definition) is 1. The molecule has 1 aliphatic rings. The molecule has 1 N–H and O–H groups in total. The van der Waals surface area contributed by atoms with Crippen LogP contribution in [0.25, 0.3) is 23.0 Å². The van der Waals surface area contributed by atoms with Gasteiger partial charge in [-0.3, -0.25) is 14.5 Å². The fourth-order valence-corrected chi connectivity index (χ4v) is 5.74. The van der Waals surface area contributed by atoms with E-state index in [1.54, 1.807) is 21.7 Å². The van der Waals surface area contributed by atoms with Crippen molar-refractivity contribution in [3.63, 3.8) is 0 Å². The smallest absolute Gasteiger partial charge is 0.303 e. The number of halogens is 1. The summed E-state index contributed by atoms with van der Waals surface area (Å²) >= 11 is 6.76.